The zero-order valence-corrected chi connectivity index (χ0v) is 9.99. The molecule has 0 rings (SSSR count). The predicted molar refractivity (Wildman–Crippen MR) is 60.3 cm³/mol. The molecule has 5 nitrogen and oxygen atoms in total. The minimum Gasteiger partial charge on any atom is -0.444 e. The molecule has 0 radical (unpaired) electrons. The third kappa shape index (κ3) is 10.7. The van der Waals surface area contributed by atoms with Crippen LogP contribution in [-0.2, 0) is 14.3 Å². The van der Waals surface area contributed by atoms with Gasteiger partial charge in [-0.2, -0.15) is 0 Å². The number of alkyl carbamates (subject to hydrolysis) is 1. The number of rotatable bonds is 6. The lowest BCUT2D eigenvalue weighted by atomic mass is 10.2. The topological polar surface area (TPSA) is 64.6 Å². The van der Waals surface area contributed by atoms with Crippen LogP contribution in [0.4, 0.5) is 4.79 Å². The smallest absolute Gasteiger partial charge is 0.407 e. The van der Waals surface area contributed by atoms with Crippen molar-refractivity contribution in [2.45, 2.75) is 26.4 Å². The fourth-order valence-electron chi connectivity index (χ4n) is 0.802. The Morgan fingerprint density at radius 1 is 1.38 bits per heavy atom. The Bertz CT molecular complexity index is 243. The normalized spacial score (nSPS) is 11.4. The predicted octanol–water partition coefficient (Wildman–Crippen LogP) is 1.28. The van der Waals surface area contributed by atoms with Gasteiger partial charge in [-0.05, 0) is 26.8 Å². The maximum atomic E-state index is 11.1. The van der Waals surface area contributed by atoms with Crippen molar-refractivity contribution in [1.29, 1.82) is 0 Å². The molecule has 0 heterocycles. The summed E-state index contributed by atoms with van der Waals surface area (Å²) in [6.07, 6.45) is 3.18. The molecule has 0 atom stereocenters. The summed E-state index contributed by atoms with van der Waals surface area (Å²) < 4.78 is 10.1. The van der Waals surface area contributed by atoms with E-state index in [1.165, 1.54) is 6.08 Å². The molecule has 16 heavy (non-hydrogen) atoms. The number of hydrogen-bond donors (Lipinski definition) is 1. The summed E-state index contributed by atoms with van der Waals surface area (Å²) in [6.45, 7) is 6.51. The summed E-state index contributed by atoms with van der Waals surface area (Å²) in [7, 11) is 0. The molecular formula is C11H19NO4. The maximum Gasteiger partial charge on any atom is 0.407 e. The summed E-state index contributed by atoms with van der Waals surface area (Å²) in [6, 6.07) is 0. The van der Waals surface area contributed by atoms with Crippen LogP contribution in [0.25, 0.3) is 0 Å². The number of ether oxygens (including phenoxy) is 2. The van der Waals surface area contributed by atoms with Gasteiger partial charge < -0.3 is 14.8 Å². The van der Waals surface area contributed by atoms with Crippen molar-refractivity contribution in [3.05, 3.63) is 12.2 Å². The largest absolute Gasteiger partial charge is 0.444 e. The van der Waals surface area contributed by atoms with Crippen molar-refractivity contribution in [2.75, 3.05) is 19.8 Å². The number of nitrogens with one attached hydrogen (secondary N) is 1. The van der Waals surface area contributed by atoms with Gasteiger partial charge in [0.25, 0.3) is 0 Å². The van der Waals surface area contributed by atoms with Gasteiger partial charge in [-0.25, -0.2) is 4.79 Å². The van der Waals surface area contributed by atoms with Gasteiger partial charge >= 0.3 is 6.09 Å². The van der Waals surface area contributed by atoms with Crippen LogP contribution in [0, 0.1) is 0 Å². The second-order valence-electron chi connectivity index (χ2n) is 4.07. The Balaban J connectivity index is 3.42. The highest BCUT2D eigenvalue weighted by Crippen LogP contribution is 2.05. The minimum atomic E-state index is -0.488. The Labute approximate surface area is 95.8 Å². The van der Waals surface area contributed by atoms with Crippen LogP contribution >= 0.6 is 0 Å². The first kappa shape index (κ1) is 14.6. The molecule has 5 heteroatoms. The Kier molecular flexibility index (Phi) is 7.20. The van der Waals surface area contributed by atoms with E-state index in [1.54, 1.807) is 26.8 Å². The van der Waals surface area contributed by atoms with Gasteiger partial charge in [0.2, 0.25) is 0 Å². The average molecular weight is 229 g/mol. The van der Waals surface area contributed by atoms with Crippen LogP contribution in [0.15, 0.2) is 12.2 Å². The van der Waals surface area contributed by atoms with E-state index in [1.807, 2.05) is 0 Å². The molecule has 0 aromatic carbocycles. The summed E-state index contributed by atoms with van der Waals surface area (Å²) in [5.41, 5.74) is -0.488. The molecule has 0 aliphatic rings. The van der Waals surface area contributed by atoms with Crippen LogP contribution in [0.5, 0.6) is 0 Å². The number of allylic oxidation sites excluding steroid dienone is 1. The molecule has 0 saturated carbocycles. The highest BCUT2D eigenvalue weighted by atomic mass is 16.6. The standard InChI is InChI=1S/C11H19NO4/c1-11(2,3)16-10(14)12-6-9-15-8-5-4-7-13/h4-5,7H,6,8-9H2,1-3H3,(H,12,14)/b5-4+. The molecule has 0 saturated heterocycles. The van der Waals surface area contributed by atoms with E-state index < -0.39 is 11.7 Å². The molecule has 0 spiro atoms. The summed E-state index contributed by atoms with van der Waals surface area (Å²) in [5, 5.41) is 2.55. The van der Waals surface area contributed by atoms with E-state index in [-0.39, 0.29) is 0 Å². The fourth-order valence-corrected chi connectivity index (χ4v) is 0.802. The van der Waals surface area contributed by atoms with Crippen molar-refractivity contribution in [1.82, 2.24) is 5.32 Å². The first-order chi connectivity index (χ1) is 7.45. The SMILES string of the molecule is CC(C)(C)OC(=O)NCCOC/C=C/C=O. The van der Waals surface area contributed by atoms with Crippen LogP contribution < -0.4 is 5.32 Å². The van der Waals surface area contributed by atoms with Gasteiger partial charge in [-0.1, -0.05) is 6.08 Å². The number of hydrogen-bond acceptors (Lipinski definition) is 4. The molecule has 92 valence electrons. The molecule has 0 aromatic rings. The minimum absolute atomic E-state index is 0.356. The van der Waals surface area contributed by atoms with Crippen molar-refractivity contribution in [2.24, 2.45) is 0 Å². The van der Waals surface area contributed by atoms with Gasteiger partial charge in [0.15, 0.2) is 0 Å². The van der Waals surface area contributed by atoms with E-state index >= 15 is 0 Å². The van der Waals surface area contributed by atoms with Crippen molar-refractivity contribution in [3.63, 3.8) is 0 Å². The first-order valence-corrected chi connectivity index (χ1v) is 5.10. The number of amides is 1. The third-order valence-corrected chi connectivity index (χ3v) is 1.34. The lowest BCUT2D eigenvalue weighted by Gasteiger charge is -2.19. The zero-order chi connectivity index (χ0) is 12.4. The number of carbonyl (C=O) groups is 2. The highest BCUT2D eigenvalue weighted by Gasteiger charge is 2.15. The fraction of sp³-hybridized carbons (Fsp3) is 0.636. The van der Waals surface area contributed by atoms with Crippen molar-refractivity contribution >= 4 is 12.4 Å². The summed E-state index contributed by atoms with van der Waals surface area (Å²) in [5.74, 6) is 0. The van der Waals surface area contributed by atoms with E-state index in [0.717, 1.165) is 0 Å². The van der Waals surface area contributed by atoms with E-state index in [4.69, 9.17) is 9.47 Å². The van der Waals surface area contributed by atoms with E-state index in [2.05, 4.69) is 5.32 Å². The number of carbonyl (C=O) groups excluding carboxylic acids is 2. The molecule has 0 fully saturated rings. The first-order valence-electron chi connectivity index (χ1n) is 5.10. The van der Waals surface area contributed by atoms with E-state index in [0.29, 0.717) is 26.0 Å². The third-order valence-electron chi connectivity index (χ3n) is 1.34. The van der Waals surface area contributed by atoms with Crippen LogP contribution in [0.2, 0.25) is 0 Å². The van der Waals surface area contributed by atoms with Crippen LogP contribution in [-0.4, -0.2) is 37.7 Å². The Hall–Kier alpha value is -1.36. The van der Waals surface area contributed by atoms with Gasteiger partial charge in [0.1, 0.15) is 11.9 Å². The average Bonchev–Trinajstić information content (AvgIpc) is 2.13. The maximum absolute atomic E-state index is 11.1. The molecule has 1 N–H and O–H groups in total. The zero-order valence-electron chi connectivity index (χ0n) is 9.99. The molecule has 0 aliphatic heterocycles. The van der Waals surface area contributed by atoms with E-state index in [9.17, 15) is 9.59 Å². The van der Waals surface area contributed by atoms with Gasteiger partial charge in [-0.3, -0.25) is 4.79 Å². The Morgan fingerprint density at radius 3 is 2.62 bits per heavy atom. The van der Waals surface area contributed by atoms with Crippen LogP contribution in [0.1, 0.15) is 20.8 Å². The van der Waals surface area contributed by atoms with Crippen molar-refractivity contribution in [3.8, 4) is 0 Å². The molecule has 0 unspecified atom stereocenters. The molecule has 0 aromatic heterocycles. The second kappa shape index (κ2) is 7.87. The lowest BCUT2D eigenvalue weighted by molar-refractivity contribution is -0.104. The highest BCUT2D eigenvalue weighted by molar-refractivity contribution is 5.67. The molecule has 0 bridgehead atoms. The monoisotopic (exact) mass is 229 g/mol. The molecular weight excluding hydrogens is 210 g/mol. The second-order valence-corrected chi connectivity index (χ2v) is 4.07. The number of aldehydes is 1. The lowest BCUT2D eigenvalue weighted by Crippen LogP contribution is -2.34. The Morgan fingerprint density at radius 2 is 2.06 bits per heavy atom. The van der Waals surface area contributed by atoms with Crippen molar-refractivity contribution < 1.29 is 19.1 Å². The van der Waals surface area contributed by atoms with Gasteiger partial charge in [0.05, 0.1) is 13.2 Å². The molecule has 1 amide bonds. The quantitative estimate of drug-likeness (QED) is 0.423. The summed E-state index contributed by atoms with van der Waals surface area (Å²) in [4.78, 5) is 21.0. The van der Waals surface area contributed by atoms with Gasteiger partial charge in [-0.15, -0.1) is 0 Å². The summed E-state index contributed by atoms with van der Waals surface area (Å²) >= 11 is 0. The van der Waals surface area contributed by atoms with Gasteiger partial charge in [0, 0.05) is 6.54 Å². The molecule has 0 aliphatic carbocycles. The van der Waals surface area contributed by atoms with Crippen LogP contribution in [0.3, 0.4) is 0 Å².